The van der Waals surface area contributed by atoms with E-state index in [2.05, 4.69) is 29.4 Å². The van der Waals surface area contributed by atoms with Gasteiger partial charge in [-0.3, -0.25) is 4.98 Å². The van der Waals surface area contributed by atoms with Crippen LogP contribution in [0.1, 0.15) is 24.1 Å². The van der Waals surface area contributed by atoms with Crippen molar-refractivity contribution < 1.29 is 9.47 Å². The van der Waals surface area contributed by atoms with Crippen LogP contribution in [0.4, 0.5) is 5.69 Å². The molecule has 4 nitrogen and oxygen atoms in total. The third kappa shape index (κ3) is 2.69. The molecule has 0 saturated carbocycles. The highest BCUT2D eigenvalue weighted by Gasteiger charge is 2.14. The molecule has 0 aliphatic carbocycles. The molecule has 0 radical (unpaired) electrons. The van der Waals surface area contributed by atoms with E-state index in [0.29, 0.717) is 13.2 Å². The van der Waals surface area contributed by atoms with Crippen LogP contribution in [0.15, 0.2) is 36.7 Å². The van der Waals surface area contributed by atoms with Crippen LogP contribution in [0.2, 0.25) is 0 Å². The maximum absolute atomic E-state index is 5.62. The van der Waals surface area contributed by atoms with Gasteiger partial charge in [-0.05, 0) is 43.2 Å². The van der Waals surface area contributed by atoms with E-state index in [-0.39, 0.29) is 6.04 Å². The second kappa shape index (κ2) is 5.41. The van der Waals surface area contributed by atoms with Crippen LogP contribution in [0.5, 0.6) is 11.5 Å². The number of nitrogens with one attached hydrogen (secondary N) is 1. The molecule has 2 heterocycles. The molecular formula is C16H18N2O2. The zero-order chi connectivity index (χ0) is 13.9. The molecule has 0 bridgehead atoms. The van der Waals surface area contributed by atoms with Gasteiger partial charge in [-0.25, -0.2) is 0 Å². The highest BCUT2D eigenvalue weighted by molar-refractivity contribution is 5.48. The molecule has 20 heavy (non-hydrogen) atoms. The van der Waals surface area contributed by atoms with E-state index in [1.54, 1.807) is 0 Å². The Hall–Kier alpha value is -2.23. The highest BCUT2D eigenvalue weighted by Crippen LogP contribution is 2.33. The smallest absolute Gasteiger partial charge is 0.161 e. The van der Waals surface area contributed by atoms with Crippen LogP contribution in [0.3, 0.4) is 0 Å². The molecule has 104 valence electrons. The third-order valence-electron chi connectivity index (χ3n) is 3.32. The van der Waals surface area contributed by atoms with E-state index in [4.69, 9.17) is 9.47 Å². The van der Waals surface area contributed by atoms with Gasteiger partial charge in [-0.15, -0.1) is 0 Å². The van der Waals surface area contributed by atoms with E-state index in [0.717, 1.165) is 28.3 Å². The Labute approximate surface area is 118 Å². The predicted molar refractivity (Wildman–Crippen MR) is 78.4 cm³/mol. The first-order valence-electron chi connectivity index (χ1n) is 6.80. The van der Waals surface area contributed by atoms with E-state index in [1.165, 1.54) is 0 Å². The molecule has 1 aliphatic rings. The zero-order valence-electron chi connectivity index (χ0n) is 11.7. The van der Waals surface area contributed by atoms with Crippen molar-refractivity contribution in [3.8, 4) is 11.5 Å². The number of aryl methyl sites for hydroxylation is 1. The van der Waals surface area contributed by atoms with Gasteiger partial charge in [0, 0.05) is 18.4 Å². The van der Waals surface area contributed by atoms with Crippen molar-refractivity contribution >= 4 is 5.69 Å². The maximum atomic E-state index is 5.62. The lowest BCUT2D eigenvalue weighted by Gasteiger charge is -2.21. The minimum atomic E-state index is 0.175. The first kappa shape index (κ1) is 12.8. The summed E-state index contributed by atoms with van der Waals surface area (Å²) in [5, 5.41) is 3.45. The SMILES string of the molecule is Cc1cncc(NC(C)c2ccc3c(c2)OCCO3)c1. The fourth-order valence-electron chi connectivity index (χ4n) is 2.30. The second-order valence-electron chi connectivity index (χ2n) is 5.02. The van der Waals surface area contributed by atoms with Crippen LogP contribution in [0.25, 0.3) is 0 Å². The lowest BCUT2D eigenvalue weighted by molar-refractivity contribution is 0.171. The molecule has 3 rings (SSSR count). The molecule has 0 saturated heterocycles. The number of nitrogens with zero attached hydrogens (tertiary/aromatic N) is 1. The highest BCUT2D eigenvalue weighted by atomic mass is 16.6. The minimum Gasteiger partial charge on any atom is -0.486 e. The van der Waals surface area contributed by atoms with Crippen LogP contribution in [-0.2, 0) is 0 Å². The average Bonchev–Trinajstić information content (AvgIpc) is 2.47. The Bertz CT molecular complexity index is 613. The normalized spacial score (nSPS) is 14.7. The number of rotatable bonds is 3. The lowest BCUT2D eigenvalue weighted by atomic mass is 10.1. The van der Waals surface area contributed by atoms with E-state index in [9.17, 15) is 0 Å². The van der Waals surface area contributed by atoms with Crippen LogP contribution in [-0.4, -0.2) is 18.2 Å². The average molecular weight is 270 g/mol. The van der Waals surface area contributed by atoms with E-state index in [1.807, 2.05) is 31.5 Å². The summed E-state index contributed by atoms with van der Waals surface area (Å²) in [6.45, 7) is 5.38. The van der Waals surface area contributed by atoms with Crippen molar-refractivity contribution in [2.45, 2.75) is 19.9 Å². The fraction of sp³-hybridized carbons (Fsp3) is 0.312. The Morgan fingerprint density at radius 1 is 1.10 bits per heavy atom. The van der Waals surface area contributed by atoms with E-state index < -0.39 is 0 Å². The summed E-state index contributed by atoms with van der Waals surface area (Å²) in [6.07, 6.45) is 3.68. The van der Waals surface area contributed by atoms with Gasteiger partial charge in [0.1, 0.15) is 13.2 Å². The number of aromatic nitrogens is 1. The van der Waals surface area contributed by atoms with Gasteiger partial charge in [0.05, 0.1) is 5.69 Å². The first-order valence-corrected chi connectivity index (χ1v) is 6.80. The quantitative estimate of drug-likeness (QED) is 0.929. The summed E-state index contributed by atoms with van der Waals surface area (Å²) in [4.78, 5) is 4.19. The topological polar surface area (TPSA) is 43.4 Å². The van der Waals surface area contributed by atoms with Gasteiger partial charge < -0.3 is 14.8 Å². The number of hydrogen-bond acceptors (Lipinski definition) is 4. The van der Waals surface area contributed by atoms with Crippen LogP contribution < -0.4 is 14.8 Å². The van der Waals surface area contributed by atoms with Crippen molar-refractivity contribution in [2.24, 2.45) is 0 Å². The number of pyridine rings is 1. The van der Waals surface area contributed by atoms with Crippen molar-refractivity contribution in [1.29, 1.82) is 0 Å². The first-order chi connectivity index (χ1) is 9.72. The van der Waals surface area contributed by atoms with Crippen LogP contribution in [0, 0.1) is 6.92 Å². The third-order valence-corrected chi connectivity index (χ3v) is 3.32. The number of benzene rings is 1. The zero-order valence-corrected chi connectivity index (χ0v) is 11.7. The second-order valence-corrected chi connectivity index (χ2v) is 5.02. The van der Waals surface area contributed by atoms with Gasteiger partial charge >= 0.3 is 0 Å². The largest absolute Gasteiger partial charge is 0.486 e. The van der Waals surface area contributed by atoms with Crippen molar-refractivity contribution in [2.75, 3.05) is 18.5 Å². The van der Waals surface area contributed by atoms with Crippen molar-refractivity contribution in [3.63, 3.8) is 0 Å². The summed E-state index contributed by atoms with van der Waals surface area (Å²) in [7, 11) is 0. The van der Waals surface area contributed by atoms with Crippen LogP contribution >= 0.6 is 0 Å². The molecular weight excluding hydrogens is 252 g/mol. The van der Waals surface area contributed by atoms with Gasteiger partial charge in [0.15, 0.2) is 11.5 Å². The summed E-state index contributed by atoms with van der Waals surface area (Å²) in [6, 6.07) is 8.33. The molecule has 1 unspecified atom stereocenters. The lowest BCUT2D eigenvalue weighted by Crippen LogP contribution is -2.16. The summed E-state index contributed by atoms with van der Waals surface area (Å²) in [5.41, 5.74) is 3.33. The summed E-state index contributed by atoms with van der Waals surface area (Å²) >= 11 is 0. The molecule has 1 aromatic heterocycles. The molecule has 2 aromatic rings. The minimum absolute atomic E-state index is 0.175. The fourth-order valence-corrected chi connectivity index (χ4v) is 2.30. The van der Waals surface area contributed by atoms with Crippen molar-refractivity contribution in [1.82, 2.24) is 4.98 Å². The van der Waals surface area contributed by atoms with Crippen molar-refractivity contribution in [3.05, 3.63) is 47.8 Å². The molecule has 0 spiro atoms. The molecule has 1 aliphatic heterocycles. The maximum Gasteiger partial charge on any atom is 0.161 e. The number of fused-ring (bicyclic) bond motifs is 1. The monoisotopic (exact) mass is 270 g/mol. The van der Waals surface area contributed by atoms with Gasteiger partial charge in [-0.1, -0.05) is 6.07 Å². The van der Waals surface area contributed by atoms with Gasteiger partial charge in [0.25, 0.3) is 0 Å². The number of anilines is 1. The molecule has 1 atom stereocenters. The molecule has 0 amide bonds. The molecule has 1 N–H and O–H groups in total. The standard InChI is InChI=1S/C16H18N2O2/c1-11-7-14(10-17-9-11)18-12(2)13-3-4-15-16(8-13)20-6-5-19-15/h3-4,7-10,12,18H,5-6H2,1-2H3. The summed E-state index contributed by atoms with van der Waals surface area (Å²) < 4.78 is 11.2. The Morgan fingerprint density at radius 2 is 1.90 bits per heavy atom. The van der Waals surface area contributed by atoms with Gasteiger partial charge in [-0.2, -0.15) is 0 Å². The number of hydrogen-bond donors (Lipinski definition) is 1. The number of ether oxygens (including phenoxy) is 2. The Kier molecular flexibility index (Phi) is 3.46. The van der Waals surface area contributed by atoms with Gasteiger partial charge in [0.2, 0.25) is 0 Å². The van der Waals surface area contributed by atoms with E-state index >= 15 is 0 Å². The predicted octanol–water partition coefficient (Wildman–Crippen LogP) is 3.33. The Morgan fingerprint density at radius 3 is 2.70 bits per heavy atom. The molecule has 1 aromatic carbocycles. The molecule has 0 fully saturated rings. The summed E-state index contributed by atoms with van der Waals surface area (Å²) in [5.74, 6) is 1.65. The molecule has 4 heteroatoms. The Balaban J connectivity index is 1.78.